The Kier molecular flexibility index (Phi) is 3.93. The van der Waals surface area contributed by atoms with Gasteiger partial charge in [0.15, 0.2) is 0 Å². The molecule has 1 rings (SSSR count). The molecule has 0 saturated heterocycles. The summed E-state index contributed by atoms with van der Waals surface area (Å²) >= 11 is 0. The van der Waals surface area contributed by atoms with Gasteiger partial charge in [-0.05, 0) is 27.3 Å². The molecule has 3 nitrogen and oxygen atoms in total. The SMILES string of the molecule is C#CCCC(NC)c1c(C)nn(C)c1C. The van der Waals surface area contributed by atoms with Gasteiger partial charge in [0, 0.05) is 30.8 Å². The maximum Gasteiger partial charge on any atom is 0.0644 e. The maximum atomic E-state index is 5.29. The number of aryl methyl sites for hydroxylation is 2. The van der Waals surface area contributed by atoms with E-state index in [1.54, 1.807) is 0 Å². The van der Waals surface area contributed by atoms with E-state index in [0.717, 1.165) is 18.5 Å². The summed E-state index contributed by atoms with van der Waals surface area (Å²) in [7, 11) is 3.94. The molecule has 0 fully saturated rings. The average Bonchev–Trinajstić information content (AvgIpc) is 2.45. The standard InChI is InChI=1S/C12H19N3/c1-6-7-8-11(13-4)12-9(2)14-15(5)10(12)3/h1,11,13H,7-8H2,2-5H3. The fourth-order valence-corrected chi connectivity index (χ4v) is 1.95. The first-order valence-corrected chi connectivity index (χ1v) is 5.22. The van der Waals surface area contributed by atoms with E-state index in [9.17, 15) is 0 Å². The first kappa shape index (κ1) is 11.8. The van der Waals surface area contributed by atoms with E-state index in [4.69, 9.17) is 6.42 Å². The van der Waals surface area contributed by atoms with Crippen molar-refractivity contribution < 1.29 is 0 Å². The third-order valence-electron chi connectivity index (χ3n) is 2.84. The number of terminal acetylenes is 1. The lowest BCUT2D eigenvalue weighted by atomic mass is 10.0. The van der Waals surface area contributed by atoms with Gasteiger partial charge in [0.2, 0.25) is 0 Å². The molecule has 15 heavy (non-hydrogen) atoms. The number of nitrogens with zero attached hydrogens (tertiary/aromatic N) is 2. The second-order valence-corrected chi connectivity index (χ2v) is 3.79. The van der Waals surface area contributed by atoms with Crippen molar-refractivity contribution in [2.45, 2.75) is 32.7 Å². The first-order valence-electron chi connectivity index (χ1n) is 5.22. The van der Waals surface area contributed by atoms with Crippen LogP contribution in [0.3, 0.4) is 0 Å². The normalized spacial score (nSPS) is 12.5. The number of hydrogen-bond acceptors (Lipinski definition) is 2. The van der Waals surface area contributed by atoms with Crippen molar-refractivity contribution in [2.75, 3.05) is 7.05 Å². The average molecular weight is 205 g/mol. The Morgan fingerprint density at radius 3 is 2.60 bits per heavy atom. The minimum atomic E-state index is 0.315. The molecule has 0 amide bonds. The molecule has 1 N–H and O–H groups in total. The van der Waals surface area contributed by atoms with Crippen molar-refractivity contribution in [3.05, 3.63) is 17.0 Å². The van der Waals surface area contributed by atoms with Gasteiger partial charge in [-0.1, -0.05) is 0 Å². The Bertz CT molecular complexity index is 371. The van der Waals surface area contributed by atoms with Crippen molar-refractivity contribution in [2.24, 2.45) is 7.05 Å². The zero-order valence-corrected chi connectivity index (χ0v) is 9.96. The Labute approximate surface area is 91.9 Å². The van der Waals surface area contributed by atoms with Crippen LogP contribution in [0.5, 0.6) is 0 Å². The molecule has 0 radical (unpaired) electrons. The summed E-state index contributed by atoms with van der Waals surface area (Å²) in [6, 6.07) is 0.315. The molecule has 0 aliphatic heterocycles. The number of aromatic nitrogens is 2. The molecule has 0 aromatic carbocycles. The van der Waals surface area contributed by atoms with Crippen LogP contribution in [0.2, 0.25) is 0 Å². The fourth-order valence-electron chi connectivity index (χ4n) is 1.95. The highest BCUT2D eigenvalue weighted by Crippen LogP contribution is 2.24. The molecule has 3 heteroatoms. The lowest BCUT2D eigenvalue weighted by molar-refractivity contribution is 0.552. The van der Waals surface area contributed by atoms with Crippen LogP contribution in [0.4, 0.5) is 0 Å². The number of nitrogens with one attached hydrogen (secondary N) is 1. The Morgan fingerprint density at radius 1 is 1.53 bits per heavy atom. The quantitative estimate of drug-likeness (QED) is 0.758. The summed E-state index contributed by atoms with van der Waals surface area (Å²) in [5.41, 5.74) is 3.59. The largest absolute Gasteiger partial charge is 0.313 e. The van der Waals surface area contributed by atoms with E-state index in [2.05, 4.69) is 23.3 Å². The highest BCUT2D eigenvalue weighted by molar-refractivity contribution is 5.28. The second kappa shape index (κ2) is 4.99. The van der Waals surface area contributed by atoms with Crippen molar-refractivity contribution in [1.82, 2.24) is 15.1 Å². The summed E-state index contributed by atoms with van der Waals surface area (Å²) in [4.78, 5) is 0. The minimum absolute atomic E-state index is 0.315. The molecule has 1 atom stereocenters. The predicted octanol–water partition coefficient (Wildman–Crippen LogP) is 1.71. The summed E-state index contributed by atoms with van der Waals surface area (Å²) < 4.78 is 1.92. The van der Waals surface area contributed by atoms with Crippen molar-refractivity contribution in [3.63, 3.8) is 0 Å². The lowest BCUT2D eigenvalue weighted by Crippen LogP contribution is -2.17. The fraction of sp³-hybridized carbons (Fsp3) is 0.583. The molecule has 0 bridgehead atoms. The molecule has 1 aromatic heterocycles. The monoisotopic (exact) mass is 205 g/mol. The first-order chi connectivity index (χ1) is 7.11. The summed E-state index contributed by atoms with van der Waals surface area (Å²) in [6.45, 7) is 4.14. The van der Waals surface area contributed by atoms with E-state index in [0.29, 0.717) is 6.04 Å². The van der Waals surface area contributed by atoms with Crippen molar-refractivity contribution in [1.29, 1.82) is 0 Å². The molecule has 1 heterocycles. The molecule has 82 valence electrons. The second-order valence-electron chi connectivity index (χ2n) is 3.79. The van der Waals surface area contributed by atoms with Crippen LogP contribution in [-0.2, 0) is 7.05 Å². The van der Waals surface area contributed by atoms with Crippen LogP contribution in [0, 0.1) is 26.2 Å². The Balaban J connectivity index is 2.96. The number of hydrogen-bond donors (Lipinski definition) is 1. The number of rotatable bonds is 4. The topological polar surface area (TPSA) is 29.9 Å². The molecule has 0 saturated carbocycles. The van der Waals surface area contributed by atoms with Gasteiger partial charge in [-0.3, -0.25) is 4.68 Å². The van der Waals surface area contributed by atoms with Crippen molar-refractivity contribution in [3.8, 4) is 12.3 Å². The van der Waals surface area contributed by atoms with Crippen LogP contribution in [-0.4, -0.2) is 16.8 Å². The van der Waals surface area contributed by atoms with Crippen molar-refractivity contribution >= 4 is 0 Å². The van der Waals surface area contributed by atoms with Crippen LogP contribution < -0.4 is 5.32 Å². The van der Waals surface area contributed by atoms with Gasteiger partial charge in [0.25, 0.3) is 0 Å². The molecule has 1 unspecified atom stereocenters. The van der Waals surface area contributed by atoms with Gasteiger partial charge in [-0.15, -0.1) is 12.3 Å². The molecule has 0 aliphatic carbocycles. The van der Waals surface area contributed by atoms with Crippen LogP contribution in [0.25, 0.3) is 0 Å². The zero-order valence-electron chi connectivity index (χ0n) is 9.96. The third kappa shape index (κ3) is 2.40. The third-order valence-corrected chi connectivity index (χ3v) is 2.84. The van der Waals surface area contributed by atoms with E-state index < -0.39 is 0 Å². The summed E-state index contributed by atoms with van der Waals surface area (Å²) in [6.07, 6.45) is 7.04. The van der Waals surface area contributed by atoms with E-state index in [1.807, 2.05) is 25.7 Å². The summed E-state index contributed by atoms with van der Waals surface area (Å²) in [5, 5.41) is 7.71. The van der Waals surface area contributed by atoms with Gasteiger partial charge < -0.3 is 5.32 Å². The minimum Gasteiger partial charge on any atom is -0.313 e. The molecular formula is C12H19N3. The predicted molar refractivity (Wildman–Crippen MR) is 62.5 cm³/mol. The highest BCUT2D eigenvalue weighted by Gasteiger charge is 2.17. The zero-order chi connectivity index (χ0) is 11.4. The Morgan fingerprint density at radius 2 is 2.20 bits per heavy atom. The lowest BCUT2D eigenvalue weighted by Gasteiger charge is -2.15. The van der Waals surface area contributed by atoms with E-state index in [-0.39, 0.29) is 0 Å². The van der Waals surface area contributed by atoms with Gasteiger partial charge in [-0.2, -0.15) is 5.10 Å². The van der Waals surface area contributed by atoms with E-state index >= 15 is 0 Å². The van der Waals surface area contributed by atoms with Gasteiger partial charge >= 0.3 is 0 Å². The van der Waals surface area contributed by atoms with Gasteiger partial charge in [-0.25, -0.2) is 0 Å². The van der Waals surface area contributed by atoms with E-state index in [1.165, 1.54) is 11.3 Å². The molecule has 0 spiro atoms. The maximum absolute atomic E-state index is 5.29. The highest BCUT2D eigenvalue weighted by atomic mass is 15.3. The van der Waals surface area contributed by atoms with Crippen LogP contribution >= 0.6 is 0 Å². The van der Waals surface area contributed by atoms with Crippen LogP contribution in [0.15, 0.2) is 0 Å². The summed E-state index contributed by atoms with van der Waals surface area (Å²) in [5.74, 6) is 2.68. The van der Waals surface area contributed by atoms with Crippen LogP contribution in [0.1, 0.15) is 35.8 Å². The Hall–Kier alpha value is -1.27. The molecule has 0 aliphatic rings. The molecular weight excluding hydrogens is 186 g/mol. The molecule has 1 aromatic rings. The smallest absolute Gasteiger partial charge is 0.0644 e. The van der Waals surface area contributed by atoms with Gasteiger partial charge in [0.05, 0.1) is 5.69 Å². The van der Waals surface area contributed by atoms with Gasteiger partial charge in [0.1, 0.15) is 0 Å².